The predicted molar refractivity (Wildman–Crippen MR) is 84.3 cm³/mol. The minimum absolute atomic E-state index is 0. The van der Waals surface area contributed by atoms with Gasteiger partial charge in [-0.05, 0) is 38.1 Å². The first-order valence-corrected chi connectivity index (χ1v) is 6.49. The number of aromatic nitrogens is 2. The fourth-order valence-electron chi connectivity index (χ4n) is 2.09. The average Bonchev–Trinajstić information content (AvgIpc) is 2.92. The zero-order valence-electron chi connectivity index (χ0n) is 11.9. The van der Waals surface area contributed by atoms with Gasteiger partial charge in [0.05, 0.1) is 0 Å². The smallest absolute Gasteiger partial charge is 0.177 e. The van der Waals surface area contributed by atoms with E-state index in [0.717, 1.165) is 24.3 Å². The van der Waals surface area contributed by atoms with Crippen LogP contribution in [0.2, 0.25) is 0 Å². The molecular weight excluding hydrogens is 286 g/mol. The molecular formula is C15H16ClN5. The second kappa shape index (κ2) is 7.33. The van der Waals surface area contributed by atoms with Gasteiger partial charge in [0, 0.05) is 24.3 Å². The van der Waals surface area contributed by atoms with Gasteiger partial charge in [-0.3, -0.25) is 0 Å². The molecule has 0 unspecified atom stereocenters. The van der Waals surface area contributed by atoms with Gasteiger partial charge in [0.25, 0.3) is 0 Å². The number of nitrogens with zero attached hydrogens (tertiary/aromatic N) is 4. The van der Waals surface area contributed by atoms with Crippen LogP contribution in [0.3, 0.4) is 0 Å². The zero-order valence-corrected chi connectivity index (χ0v) is 12.7. The number of anilines is 1. The molecule has 0 spiro atoms. The van der Waals surface area contributed by atoms with Gasteiger partial charge in [0.2, 0.25) is 0 Å². The minimum Gasteiger partial charge on any atom is -0.372 e. The van der Waals surface area contributed by atoms with Gasteiger partial charge in [-0.1, -0.05) is 0 Å². The standard InChI is InChI=1S/C15H15N5.ClH/c1-3-20(4-2)12-7-5-11(6-8-12)15-18-13(9-16)14(10-17)19-15;/h5-8H,3-4H2,1-2H3,(H,18,19);1H. The predicted octanol–water partition coefficient (Wildman–Crippen LogP) is 3.09. The van der Waals surface area contributed by atoms with Crippen molar-refractivity contribution < 1.29 is 0 Å². The molecule has 1 aromatic heterocycles. The van der Waals surface area contributed by atoms with E-state index >= 15 is 0 Å². The highest BCUT2D eigenvalue weighted by Gasteiger charge is 2.11. The number of hydrogen-bond acceptors (Lipinski definition) is 4. The summed E-state index contributed by atoms with van der Waals surface area (Å²) in [7, 11) is 0. The maximum absolute atomic E-state index is 8.91. The third-order valence-electron chi connectivity index (χ3n) is 3.19. The Morgan fingerprint density at radius 3 is 2.14 bits per heavy atom. The Morgan fingerprint density at radius 1 is 1.10 bits per heavy atom. The molecule has 2 aromatic rings. The highest BCUT2D eigenvalue weighted by atomic mass is 35.5. The van der Waals surface area contributed by atoms with E-state index in [-0.39, 0.29) is 23.8 Å². The summed E-state index contributed by atoms with van der Waals surface area (Å²) in [5, 5.41) is 17.8. The van der Waals surface area contributed by atoms with Crippen LogP contribution in [0.4, 0.5) is 5.69 Å². The van der Waals surface area contributed by atoms with Crippen LogP contribution in [0.1, 0.15) is 25.2 Å². The normalized spacial score (nSPS) is 9.33. The molecule has 0 aliphatic rings. The van der Waals surface area contributed by atoms with E-state index in [1.807, 2.05) is 36.4 Å². The van der Waals surface area contributed by atoms with Gasteiger partial charge >= 0.3 is 0 Å². The third kappa shape index (κ3) is 3.34. The summed E-state index contributed by atoms with van der Waals surface area (Å²) in [5.74, 6) is 0.546. The second-order valence-electron chi connectivity index (χ2n) is 4.25. The van der Waals surface area contributed by atoms with E-state index in [2.05, 4.69) is 28.7 Å². The Balaban J connectivity index is 0.00000220. The van der Waals surface area contributed by atoms with Gasteiger partial charge in [0.1, 0.15) is 18.0 Å². The molecule has 0 saturated carbocycles. The van der Waals surface area contributed by atoms with Gasteiger partial charge < -0.3 is 9.88 Å². The van der Waals surface area contributed by atoms with Crippen molar-refractivity contribution >= 4 is 18.1 Å². The Labute approximate surface area is 130 Å². The van der Waals surface area contributed by atoms with Crippen LogP contribution in [-0.2, 0) is 0 Å². The molecule has 0 bridgehead atoms. The minimum atomic E-state index is 0. The largest absolute Gasteiger partial charge is 0.372 e. The van der Waals surface area contributed by atoms with Crippen molar-refractivity contribution in [3.8, 4) is 23.5 Å². The summed E-state index contributed by atoms with van der Waals surface area (Å²) in [6.07, 6.45) is 0. The Kier molecular flexibility index (Phi) is 5.78. The van der Waals surface area contributed by atoms with E-state index < -0.39 is 0 Å². The van der Waals surface area contributed by atoms with Crippen molar-refractivity contribution in [2.24, 2.45) is 0 Å². The highest BCUT2D eigenvalue weighted by Crippen LogP contribution is 2.22. The number of benzene rings is 1. The number of aromatic amines is 1. The van der Waals surface area contributed by atoms with Crippen molar-refractivity contribution in [3.63, 3.8) is 0 Å². The molecule has 0 aliphatic heterocycles. The first kappa shape index (κ1) is 16.6. The van der Waals surface area contributed by atoms with Crippen LogP contribution < -0.4 is 4.90 Å². The molecule has 6 heteroatoms. The van der Waals surface area contributed by atoms with Crippen LogP contribution in [0, 0.1) is 22.7 Å². The van der Waals surface area contributed by atoms with Crippen LogP contribution in [0.15, 0.2) is 24.3 Å². The topological polar surface area (TPSA) is 79.5 Å². The van der Waals surface area contributed by atoms with Crippen molar-refractivity contribution in [2.75, 3.05) is 18.0 Å². The number of H-pyrrole nitrogens is 1. The number of rotatable bonds is 4. The highest BCUT2D eigenvalue weighted by molar-refractivity contribution is 5.85. The van der Waals surface area contributed by atoms with Gasteiger partial charge in [-0.2, -0.15) is 10.5 Å². The molecule has 5 nitrogen and oxygen atoms in total. The number of hydrogen-bond donors (Lipinski definition) is 1. The Bertz CT molecular complexity index is 640. The van der Waals surface area contributed by atoms with E-state index in [0.29, 0.717) is 5.82 Å². The quantitative estimate of drug-likeness (QED) is 0.941. The fourth-order valence-corrected chi connectivity index (χ4v) is 2.09. The molecule has 2 rings (SSSR count). The molecule has 0 atom stereocenters. The van der Waals surface area contributed by atoms with Gasteiger partial charge in [-0.25, -0.2) is 4.98 Å². The Morgan fingerprint density at radius 2 is 1.71 bits per heavy atom. The monoisotopic (exact) mass is 301 g/mol. The lowest BCUT2D eigenvalue weighted by molar-refractivity contribution is 0.866. The summed E-state index contributed by atoms with van der Waals surface area (Å²) in [6.45, 7) is 6.13. The molecule has 0 radical (unpaired) electrons. The maximum atomic E-state index is 8.91. The molecule has 1 N–H and O–H groups in total. The van der Waals surface area contributed by atoms with E-state index in [1.54, 1.807) is 0 Å². The number of halogens is 1. The molecule has 0 aliphatic carbocycles. The molecule has 21 heavy (non-hydrogen) atoms. The van der Waals surface area contributed by atoms with Crippen LogP contribution >= 0.6 is 12.4 Å². The van der Waals surface area contributed by atoms with E-state index in [9.17, 15) is 0 Å². The molecule has 1 heterocycles. The molecule has 0 amide bonds. The lowest BCUT2D eigenvalue weighted by atomic mass is 10.2. The lowest BCUT2D eigenvalue weighted by Crippen LogP contribution is -2.21. The summed E-state index contributed by atoms with van der Waals surface area (Å²) in [4.78, 5) is 9.24. The fraction of sp³-hybridized carbons (Fsp3) is 0.267. The molecule has 108 valence electrons. The van der Waals surface area contributed by atoms with Crippen LogP contribution in [0.5, 0.6) is 0 Å². The average molecular weight is 302 g/mol. The van der Waals surface area contributed by atoms with Crippen LogP contribution in [-0.4, -0.2) is 23.1 Å². The summed E-state index contributed by atoms with van der Waals surface area (Å²) in [5.41, 5.74) is 2.34. The summed E-state index contributed by atoms with van der Waals surface area (Å²) < 4.78 is 0. The number of nitrogens with one attached hydrogen (secondary N) is 1. The zero-order chi connectivity index (χ0) is 14.5. The van der Waals surface area contributed by atoms with Gasteiger partial charge in [0.15, 0.2) is 11.4 Å². The first-order valence-electron chi connectivity index (χ1n) is 6.49. The van der Waals surface area contributed by atoms with E-state index in [1.165, 1.54) is 0 Å². The van der Waals surface area contributed by atoms with Crippen molar-refractivity contribution in [1.29, 1.82) is 10.5 Å². The first-order chi connectivity index (χ1) is 9.73. The molecule has 1 aromatic carbocycles. The van der Waals surface area contributed by atoms with Crippen molar-refractivity contribution in [2.45, 2.75) is 13.8 Å². The molecule has 0 fully saturated rings. The second-order valence-corrected chi connectivity index (χ2v) is 4.25. The molecule has 0 saturated heterocycles. The third-order valence-corrected chi connectivity index (χ3v) is 3.19. The van der Waals surface area contributed by atoms with E-state index in [4.69, 9.17) is 10.5 Å². The van der Waals surface area contributed by atoms with Crippen LogP contribution in [0.25, 0.3) is 11.4 Å². The maximum Gasteiger partial charge on any atom is 0.177 e. The van der Waals surface area contributed by atoms with Crippen molar-refractivity contribution in [3.05, 3.63) is 35.7 Å². The summed E-state index contributed by atoms with van der Waals surface area (Å²) in [6, 6.07) is 11.8. The van der Waals surface area contributed by atoms with Crippen molar-refractivity contribution in [1.82, 2.24) is 9.97 Å². The SMILES string of the molecule is CCN(CC)c1ccc(-c2nc(C#N)c(C#N)[nH]2)cc1.Cl. The number of nitriles is 2. The number of imidazole rings is 1. The Hall–Kier alpha value is -2.50. The van der Waals surface area contributed by atoms with Gasteiger partial charge in [-0.15, -0.1) is 12.4 Å². The summed E-state index contributed by atoms with van der Waals surface area (Å²) >= 11 is 0. The lowest BCUT2D eigenvalue weighted by Gasteiger charge is -2.20.